The summed E-state index contributed by atoms with van der Waals surface area (Å²) in [6.45, 7) is -2.68. The number of hydrogen-bond acceptors (Lipinski definition) is 29. The molecule has 384 valence electrons. The molecule has 0 radical (unpaired) electrons. The molecule has 6 aliphatic rings. The van der Waals surface area contributed by atoms with Gasteiger partial charge >= 0.3 is 0 Å². The summed E-state index contributed by atoms with van der Waals surface area (Å²) in [5, 5.41) is 202. The number of aliphatic hydroxyl groups excluding tert-OH is 19. The van der Waals surface area contributed by atoms with Crippen molar-refractivity contribution in [3.63, 3.8) is 0 Å². The molecule has 0 bridgehead atoms. The highest BCUT2D eigenvalue weighted by atomic mass is 16.8. The molecule has 0 aromatic heterocycles. The summed E-state index contributed by atoms with van der Waals surface area (Å²) >= 11 is 0. The standard InChI is InChI=1S/C37H63NO28/c1-8-15(19(46)26(53)35(59-8)65-31-12(5-41)62-34(28(55)23(31)50)58-7-14-18(45)20(47)25(52)33(57)60-14)38-10-2-9(3-39)30(22(49)16(10)43)64-37-29(56)24(51)32(13(6-42)63-37)66-36-27(54)21(48)17(44)11(4-40)61-36/h2,8,10-57H,3-7H2,1H3/t8-,10+,11+,12+,13-,14+,15-,16-,17+,18+,19+,20-,21-,22+,23-,24-,25+,26-,27+,28-,29-,30-,31-,32-,33+,34-,35+,36-,37+/m1/s1. The Morgan fingerprint density at radius 3 is 1.50 bits per heavy atom. The van der Waals surface area contributed by atoms with Crippen molar-refractivity contribution in [3.8, 4) is 0 Å². The van der Waals surface area contributed by atoms with Crippen molar-refractivity contribution in [2.75, 3.05) is 33.0 Å². The molecule has 66 heavy (non-hydrogen) atoms. The molecule has 0 amide bonds. The van der Waals surface area contributed by atoms with Gasteiger partial charge in [-0.1, -0.05) is 6.08 Å². The number of ether oxygens (including phenoxy) is 9. The molecule has 0 spiro atoms. The Morgan fingerprint density at radius 2 is 0.924 bits per heavy atom. The van der Waals surface area contributed by atoms with E-state index in [4.69, 9.17) is 42.6 Å². The van der Waals surface area contributed by atoms with Gasteiger partial charge < -0.3 is 145 Å². The molecular weight excluding hydrogens is 906 g/mol. The summed E-state index contributed by atoms with van der Waals surface area (Å²) in [4.78, 5) is 0. The van der Waals surface area contributed by atoms with Gasteiger partial charge in [-0.15, -0.1) is 0 Å². The lowest BCUT2D eigenvalue weighted by molar-refractivity contribution is -0.364. The maximum Gasteiger partial charge on any atom is 0.187 e. The molecule has 5 aliphatic heterocycles. The first-order chi connectivity index (χ1) is 31.2. The van der Waals surface area contributed by atoms with Crippen molar-refractivity contribution in [2.45, 2.75) is 185 Å². The van der Waals surface area contributed by atoms with Crippen molar-refractivity contribution >= 4 is 0 Å². The fourth-order valence-electron chi connectivity index (χ4n) is 8.67. The molecule has 0 aromatic rings. The molecule has 5 fully saturated rings. The van der Waals surface area contributed by atoms with E-state index >= 15 is 0 Å². The van der Waals surface area contributed by atoms with Gasteiger partial charge in [0.2, 0.25) is 0 Å². The predicted octanol–water partition coefficient (Wildman–Crippen LogP) is -12.9. The van der Waals surface area contributed by atoms with Gasteiger partial charge in [0.15, 0.2) is 31.5 Å². The normalized spacial score (nSPS) is 52.8. The molecule has 0 aromatic carbocycles. The van der Waals surface area contributed by atoms with Gasteiger partial charge in [-0.3, -0.25) is 0 Å². The highest BCUT2D eigenvalue weighted by molar-refractivity contribution is 5.23. The zero-order chi connectivity index (χ0) is 48.6. The average molecular weight is 970 g/mol. The topological polar surface area (TPSA) is 479 Å². The first-order valence-corrected chi connectivity index (χ1v) is 21.2. The Kier molecular flexibility index (Phi) is 18.6. The number of nitrogens with one attached hydrogen (secondary N) is 1. The predicted molar refractivity (Wildman–Crippen MR) is 203 cm³/mol. The lowest BCUT2D eigenvalue weighted by Gasteiger charge is -2.48. The molecule has 29 heteroatoms. The van der Waals surface area contributed by atoms with E-state index in [9.17, 15) is 97.0 Å². The minimum Gasteiger partial charge on any atom is -0.394 e. The molecule has 6 rings (SSSR count). The highest BCUT2D eigenvalue weighted by Crippen LogP contribution is 2.35. The average Bonchev–Trinajstić information content (AvgIpc) is 3.30. The molecule has 29 atom stereocenters. The van der Waals surface area contributed by atoms with Crippen LogP contribution in [0.1, 0.15) is 6.92 Å². The van der Waals surface area contributed by atoms with Gasteiger partial charge in [-0.25, -0.2) is 0 Å². The van der Waals surface area contributed by atoms with Crippen molar-refractivity contribution in [2.24, 2.45) is 0 Å². The number of hydrogen-bond donors (Lipinski definition) is 20. The Hall–Kier alpha value is -1.42. The minimum absolute atomic E-state index is 0.130. The molecule has 20 N–H and O–H groups in total. The third kappa shape index (κ3) is 10.9. The van der Waals surface area contributed by atoms with Gasteiger partial charge in [0.25, 0.3) is 0 Å². The summed E-state index contributed by atoms with van der Waals surface area (Å²) < 4.78 is 49.7. The van der Waals surface area contributed by atoms with Crippen LogP contribution in [0.15, 0.2) is 11.6 Å². The SMILES string of the molecule is C[C@H]1O[C@@H](O[C@H]2[C@H](O)[C@@H](O)[C@H](OC[C@@H]3O[C@H](O)[C@@H](O)[C@H](O)[C@H]3O)O[C@H]2CO)[C@H](O)[C@@H](O)[C@@H]1N[C@H]1C=C(CO)[C@@H](O[C@@H]2O[C@H](CO)[C@@H](O[C@H]3O[C@@H](CO)[C@H](O)[C@@H](O)[C@@H]3O)[C@H](O)[C@H]2O)[C@@H](O)[C@@H]1O. The zero-order valence-electron chi connectivity index (χ0n) is 35.0. The molecule has 5 saturated heterocycles. The summed E-state index contributed by atoms with van der Waals surface area (Å²) in [7, 11) is 0. The molecule has 0 unspecified atom stereocenters. The van der Waals surface area contributed by atoms with Gasteiger partial charge in [-0.05, 0) is 12.5 Å². The number of aliphatic hydroxyl groups is 19. The van der Waals surface area contributed by atoms with Crippen LogP contribution in [0.5, 0.6) is 0 Å². The Labute approximate surface area is 374 Å². The van der Waals surface area contributed by atoms with Crippen LogP contribution in [-0.2, 0) is 42.6 Å². The van der Waals surface area contributed by atoms with E-state index in [0.29, 0.717) is 0 Å². The van der Waals surface area contributed by atoms with E-state index in [-0.39, 0.29) is 5.57 Å². The van der Waals surface area contributed by atoms with Gasteiger partial charge in [0.1, 0.15) is 128 Å². The quantitative estimate of drug-likeness (QED) is 0.0678. The van der Waals surface area contributed by atoms with E-state index in [2.05, 4.69) is 5.32 Å². The van der Waals surface area contributed by atoms with Crippen molar-refractivity contribution in [1.82, 2.24) is 5.32 Å². The van der Waals surface area contributed by atoms with E-state index in [0.717, 1.165) is 0 Å². The lowest BCUT2D eigenvalue weighted by Crippen LogP contribution is -2.68. The smallest absolute Gasteiger partial charge is 0.187 e. The third-order valence-electron chi connectivity index (χ3n) is 12.7. The second-order valence-corrected chi connectivity index (χ2v) is 17.0. The van der Waals surface area contributed by atoms with Crippen LogP contribution in [0.2, 0.25) is 0 Å². The minimum atomic E-state index is -2.04. The molecular formula is C37H63NO28. The maximum atomic E-state index is 11.3. The van der Waals surface area contributed by atoms with Crippen LogP contribution >= 0.6 is 0 Å². The first kappa shape index (κ1) is 53.9. The Morgan fingerprint density at radius 1 is 0.455 bits per heavy atom. The summed E-state index contributed by atoms with van der Waals surface area (Å²) in [6, 6.07) is -2.59. The summed E-state index contributed by atoms with van der Waals surface area (Å²) in [6.07, 6.45) is -46.2. The zero-order valence-corrected chi connectivity index (χ0v) is 35.0. The summed E-state index contributed by atoms with van der Waals surface area (Å²) in [5.41, 5.74) is -0.130. The second-order valence-electron chi connectivity index (χ2n) is 17.0. The highest BCUT2D eigenvalue weighted by Gasteiger charge is 2.55. The monoisotopic (exact) mass is 969 g/mol. The fraction of sp³-hybridized carbons (Fsp3) is 0.946. The van der Waals surface area contributed by atoms with Crippen molar-refractivity contribution in [3.05, 3.63) is 11.6 Å². The van der Waals surface area contributed by atoms with Crippen LogP contribution < -0.4 is 5.32 Å². The second kappa shape index (κ2) is 22.8. The largest absolute Gasteiger partial charge is 0.394 e. The van der Waals surface area contributed by atoms with Crippen LogP contribution in [0, 0.1) is 0 Å². The van der Waals surface area contributed by atoms with Crippen molar-refractivity contribution < 1.29 is 140 Å². The molecule has 5 heterocycles. The Balaban J connectivity index is 1.06. The van der Waals surface area contributed by atoms with Gasteiger partial charge in [0.05, 0.1) is 51.2 Å². The van der Waals surface area contributed by atoms with Crippen LogP contribution in [0.3, 0.4) is 0 Å². The molecule has 1 aliphatic carbocycles. The third-order valence-corrected chi connectivity index (χ3v) is 12.7. The van der Waals surface area contributed by atoms with Gasteiger partial charge in [-0.2, -0.15) is 0 Å². The lowest BCUT2D eigenvalue weighted by atomic mass is 9.86. The molecule has 29 nitrogen and oxygen atoms in total. The fourth-order valence-corrected chi connectivity index (χ4v) is 8.67. The molecule has 0 saturated carbocycles. The summed E-state index contributed by atoms with van der Waals surface area (Å²) in [5.74, 6) is 0. The number of rotatable bonds is 15. The van der Waals surface area contributed by atoms with E-state index < -0.39 is 211 Å². The van der Waals surface area contributed by atoms with Gasteiger partial charge in [0, 0.05) is 0 Å². The van der Waals surface area contributed by atoms with Crippen LogP contribution in [-0.4, -0.2) is 308 Å². The van der Waals surface area contributed by atoms with E-state index in [1.807, 2.05) is 0 Å². The van der Waals surface area contributed by atoms with E-state index in [1.54, 1.807) is 0 Å². The van der Waals surface area contributed by atoms with Crippen molar-refractivity contribution in [1.29, 1.82) is 0 Å². The van der Waals surface area contributed by atoms with E-state index in [1.165, 1.54) is 13.0 Å². The van der Waals surface area contributed by atoms with Crippen LogP contribution in [0.4, 0.5) is 0 Å². The maximum absolute atomic E-state index is 11.3. The first-order valence-electron chi connectivity index (χ1n) is 21.2. The Bertz CT molecular complexity index is 1550. The van der Waals surface area contributed by atoms with Crippen LogP contribution in [0.25, 0.3) is 0 Å².